The molecule has 9 heteroatoms. The number of nitriles is 1. The first-order valence-electron chi connectivity index (χ1n) is 11.8. The normalized spacial score (nSPS) is 14.9. The lowest BCUT2D eigenvalue weighted by molar-refractivity contribution is -0.139. The highest BCUT2D eigenvalue weighted by molar-refractivity contribution is 6.09. The number of allylic oxidation sites excluding steroid dienone is 1. The van der Waals surface area contributed by atoms with Gasteiger partial charge in [-0.25, -0.2) is 14.4 Å². The summed E-state index contributed by atoms with van der Waals surface area (Å²) in [6.45, 7) is 0. The van der Waals surface area contributed by atoms with Gasteiger partial charge in [0.2, 0.25) is 0 Å². The highest BCUT2D eigenvalue weighted by Crippen LogP contribution is 2.46. The molecule has 9 nitrogen and oxygen atoms in total. The minimum Gasteiger partial charge on any atom is -0.466 e. The molecule has 3 aromatic rings. The van der Waals surface area contributed by atoms with E-state index in [0.29, 0.717) is 16.7 Å². The lowest BCUT2D eigenvalue weighted by atomic mass is 9.80. The zero-order chi connectivity index (χ0) is 28.1. The average Bonchev–Trinajstić information content (AvgIpc) is 2.99. The first-order chi connectivity index (χ1) is 18.9. The molecule has 1 unspecified atom stereocenters. The summed E-state index contributed by atoms with van der Waals surface area (Å²) in [6, 6.07) is 24.5. The molecule has 2 N–H and O–H groups in total. The molecule has 0 radical (unpaired) electrons. The molecule has 0 saturated heterocycles. The van der Waals surface area contributed by atoms with Gasteiger partial charge in [0.15, 0.2) is 0 Å². The number of hydrogen-bond donors (Lipinski definition) is 1. The number of esters is 3. The fourth-order valence-electron chi connectivity index (χ4n) is 4.68. The van der Waals surface area contributed by atoms with E-state index in [1.165, 1.54) is 26.2 Å². The van der Waals surface area contributed by atoms with E-state index in [9.17, 15) is 19.6 Å². The van der Waals surface area contributed by atoms with Crippen LogP contribution >= 0.6 is 0 Å². The van der Waals surface area contributed by atoms with Crippen LogP contribution in [0.15, 0.2) is 102 Å². The molecule has 0 aromatic heterocycles. The Morgan fingerprint density at radius 3 is 1.95 bits per heavy atom. The Hall–Kier alpha value is -5.36. The Morgan fingerprint density at radius 1 is 0.795 bits per heavy atom. The number of nitrogens with two attached hydrogens (primary N) is 1. The maximum absolute atomic E-state index is 13.4. The van der Waals surface area contributed by atoms with Gasteiger partial charge in [-0.2, -0.15) is 5.26 Å². The quantitative estimate of drug-likeness (QED) is 0.375. The minimum absolute atomic E-state index is 0.0109. The fraction of sp³-hybridized carbons (Fsp3) is 0.133. The number of methoxy groups -OCH3 is 3. The smallest absolute Gasteiger partial charge is 0.355 e. The average molecular weight is 524 g/mol. The number of anilines is 1. The molecule has 0 fully saturated rings. The van der Waals surface area contributed by atoms with Crippen LogP contribution in [0.4, 0.5) is 5.69 Å². The Balaban J connectivity index is 2.16. The molecule has 0 bridgehead atoms. The molecule has 1 aliphatic rings. The fourth-order valence-corrected chi connectivity index (χ4v) is 4.68. The summed E-state index contributed by atoms with van der Waals surface area (Å²) < 4.78 is 15.2. The summed E-state index contributed by atoms with van der Waals surface area (Å²) >= 11 is 0. The van der Waals surface area contributed by atoms with Crippen LogP contribution in [0.25, 0.3) is 11.1 Å². The van der Waals surface area contributed by atoms with Gasteiger partial charge in [-0.3, -0.25) is 4.90 Å². The van der Waals surface area contributed by atoms with Crippen molar-refractivity contribution < 1.29 is 28.6 Å². The van der Waals surface area contributed by atoms with Gasteiger partial charge in [-0.15, -0.1) is 0 Å². The van der Waals surface area contributed by atoms with Gasteiger partial charge >= 0.3 is 17.9 Å². The maximum Gasteiger partial charge on any atom is 0.355 e. The molecule has 4 rings (SSSR count). The van der Waals surface area contributed by atoms with Gasteiger partial charge < -0.3 is 19.9 Å². The molecule has 39 heavy (non-hydrogen) atoms. The van der Waals surface area contributed by atoms with Crippen LogP contribution in [0.3, 0.4) is 0 Å². The maximum atomic E-state index is 13.4. The minimum atomic E-state index is -1.02. The van der Waals surface area contributed by atoms with Gasteiger partial charge in [0.05, 0.1) is 55.7 Å². The van der Waals surface area contributed by atoms with Crippen molar-refractivity contribution in [3.8, 4) is 17.2 Å². The van der Waals surface area contributed by atoms with Crippen LogP contribution < -0.4 is 10.6 Å². The summed E-state index contributed by atoms with van der Waals surface area (Å²) in [5.74, 6) is -3.50. The number of ether oxygens (including phenoxy) is 3. The zero-order valence-electron chi connectivity index (χ0n) is 21.5. The highest BCUT2D eigenvalue weighted by Gasteiger charge is 2.43. The van der Waals surface area contributed by atoms with Crippen molar-refractivity contribution in [3.63, 3.8) is 0 Å². The van der Waals surface area contributed by atoms with Crippen molar-refractivity contribution in [2.45, 2.75) is 5.92 Å². The van der Waals surface area contributed by atoms with Crippen LogP contribution in [0, 0.1) is 11.3 Å². The predicted octanol–water partition coefficient (Wildman–Crippen LogP) is 4.04. The predicted molar refractivity (Wildman–Crippen MR) is 143 cm³/mol. The third-order valence-corrected chi connectivity index (χ3v) is 6.36. The first kappa shape index (κ1) is 26.7. The van der Waals surface area contributed by atoms with Crippen LogP contribution in [-0.4, -0.2) is 39.2 Å². The van der Waals surface area contributed by atoms with E-state index < -0.39 is 23.8 Å². The van der Waals surface area contributed by atoms with E-state index in [1.807, 2.05) is 6.07 Å². The highest BCUT2D eigenvalue weighted by atomic mass is 16.5. The Bertz CT molecular complexity index is 1540. The summed E-state index contributed by atoms with van der Waals surface area (Å²) in [7, 11) is 3.60. The second-order valence-corrected chi connectivity index (χ2v) is 8.39. The standard InChI is InChI=1S/C30H25N3O6/c1-37-28(34)20-15-10-16-22(23(20)18-11-6-4-7-12-18)33-26(30(36)39-3)25(29(35)38-2)24(21(17-31)27(33)32)19-13-8-5-9-14-19/h4-16,24H,32H2,1-3H3. The molecule has 1 heterocycles. The number of carbonyl (C=O) groups is 3. The first-order valence-corrected chi connectivity index (χ1v) is 11.8. The summed E-state index contributed by atoms with van der Waals surface area (Å²) in [6.07, 6.45) is 0. The third kappa shape index (κ3) is 4.71. The van der Waals surface area contributed by atoms with Crippen LogP contribution in [-0.2, 0) is 23.8 Å². The lowest BCUT2D eigenvalue weighted by Gasteiger charge is -2.37. The van der Waals surface area contributed by atoms with E-state index in [0.717, 1.165) is 0 Å². The second-order valence-electron chi connectivity index (χ2n) is 8.39. The van der Waals surface area contributed by atoms with Crippen LogP contribution in [0.2, 0.25) is 0 Å². The largest absolute Gasteiger partial charge is 0.466 e. The number of rotatable bonds is 6. The number of hydrogen-bond acceptors (Lipinski definition) is 9. The Morgan fingerprint density at radius 2 is 1.38 bits per heavy atom. The van der Waals surface area contributed by atoms with Gasteiger partial charge in [-0.05, 0) is 23.3 Å². The summed E-state index contributed by atoms with van der Waals surface area (Å²) in [4.78, 5) is 40.9. The molecule has 196 valence electrons. The second kappa shape index (κ2) is 11.4. The molecular weight excluding hydrogens is 498 g/mol. The number of nitrogens with zero attached hydrogens (tertiary/aromatic N) is 2. The molecule has 0 spiro atoms. The Kier molecular flexibility index (Phi) is 7.77. The molecule has 1 aliphatic heterocycles. The van der Waals surface area contributed by atoms with Crippen molar-refractivity contribution >= 4 is 23.6 Å². The van der Waals surface area contributed by atoms with E-state index in [-0.39, 0.29) is 33.9 Å². The Labute approximate surface area is 225 Å². The SMILES string of the molecule is COC(=O)C1=C(C(=O)OC)N(c2cccc(C(=O)OC)c2-c2ccccc2)C(N)=C(C#N)C1c1ccccc1. The van der Waals surface area contributed by atoms with Crippen molar-refractivity contribution in [2.24, 2.45) is 5.73 Å². The zero-order valence-corrected chi connectivity index (χ0v) is 21.5. The van der Waals surface area contributed by atoms with Crippen LogP contribution in [0.1, 0.15) is 21.8 Å². The van der Waals surface area contributed by atoms with Gasteiger partial charge in [0.1, 0.15) is 11.5 Å². The molecule has 0 amide bonds. The van der Waals surface area contributed by atoms with Gasteiger partial charge in [0.25, 0.3) is 0 Å². The number of benzene rings is 3. The summed E-state index contributed by atoms with van der Waals surface area (Å²) in [5, 5.41) is 10.3. The third-order valence-electron chi connectivity index (χ3n) is 6.36. The monoisotopic (exact) mass is 523 g/mol. The molecule has 0 saturated carbocycles. The van der Waals surface area contributed by atoms with Crippen LogP contribution in [0.5, 0.6) is 0 Å². The van der Waals surface area contributed by atoms with Crippen molar-refractivity contribution in [1.29, 1.82) is 5.26 Å². The lowest BCUT2D eigenvalue weighted by Crippen LogP contribution is -2.41. The summed E-state index contributed by atoms with van der Waals surface area (Å²) in [5.41, 5.74) is 8.25. The topological polar surface area (TPSA) is 132 Å². The molecule has 3 aromatic carbocycles. The molecule has 1 atom stereocenters. The molecular formula is C30H25N3O6. The van der Waals surface area contributed by atoms with E-state index >= 15 is 0 Å². The van der Waals surface area contributed by atoms with Crippen molar-refractivity contribution in [2.75, 3.05) is 26.2 Å². The van der Waals surface area contributed by atoms with E-state index in [1.54, 1.807) is 72.8 Å². The molecule has 0 aliphatic carbocycles. The van der Waals surface area contributed by atoms with Crippen molar-refractivity contribution in [3.05, 3.63) is 113 Å². The van der Waals surface area contributed by atoms with Crippen molar-refractivity contribution in [1.82, 2.24) is 0 Å². The number of carbonyl (C=O) groups excluding carboxylic acids is 3. The van der Waals surface area contributed by atoms with E-state index in [2.05, 4.69) is 6.07 Å². The van der Waals surface area contributed by atoms with Gasteiger partial charge in [-0.1, -0.05) is 66.7 Å². The van der Waals surface area contributed by atoms with E-state index in [4.69, 9.17) is 19.9 Å². The van der Waals surface area contributed by atoms with Gasteiger partial charge in [0, 0.05) is 5.56 Å².